The van der Waals surface area contributed by atoms with Crippen molar-refractivity contribution in [3.63, 3.8) is 0 Å². The van der Waals surface area contributed by atoms with E-state index < -0.39 is 10.8 Å². The van der Waals surface area contributed by atoms with Crippen molar-refractivity contribution in [2.45, 2.75) is 18.2 Å². The molecule has 0 aliphatic rings. The Hall–Kier alpha value is -2.05. The molecule has 22 heavy (non-hydrogen) atoms. The van der Waals surface area contributed by atoms with Crippen LogP contribution in [0.15, 0.2) is 41.3 Å². The number of nitrogens with zero attached hydrogens (tertiary/aromatic N) is 1. The predicted octanol–water partition coefficient (Wildman–Crippen LogP) is 4.35. The number of nitro groups is 1. The summed E-state index contributed by atoms with van der Waals surface area (Å²) in [6, 6.07) is 9.27. The molecule has 0 aliphatic carbocycles. The second-order valence-electron chi connectivity index (χ2n) is 4.58. The fourth-order valence-corrected chi connectivity index (χ4v) is 2.41. The summed E-state index contributed by atoms with van der Waals surface area (Å²) in [5.41, 5.74) is 1.18. The maximum absolute atomic E-state index is 12.3. The van der Waals surface area contributed by atoms with Crippen LogP contribution in [0.25, 0.3) is 0 Å². The topological polar surface area (TPSA) is 72.2 Å². The van der Waals surface area contributed by atoms with Crippen molar-refractivity contribution in [2.24, 2.45) is 0 Å². The molecule has 0 atom stereocenters. The summed E-state index contributed by atoms with van der Waals surface area (Å²) in [7, 11) is 0. The molecular weight excluding hydrogens is 324 g/mol. The van der Waals surface area contributed by atoms with Gasteiger partial charge in [0.25, 0.3) is 11.6 Å². The Kier molecular flexibility index (Phi) is 5.05. The van der Waals surface area contributed by atoms with Gasteiger partial charge < -0.3 is 5.32 Å². The van der Waals surface area contributed by atoms with Crippen LogP contribution >= 0.6 is 24.2 Å². The average Bonchev–Trinajstić information content (AvgIpc) is 2.48. The quantitative estimate of drug-likeness (QED) is 0.495. The van der Waals surface area contributed by atoms with Crippen LogP contribution in [0.1, 0.15) is 22.8 Å². The lowest BCUT2D eigenvalue weighted by Gasteiger charge is -2.09. The molecular formula is C15H13ClN2O3S. The molecule has 5 nitrogen and oxygen atoms in total. The van der Waals surface area contributed by atoms with Crippen LogP contribution in [0, 0.1) is 10.1 Å². The lowest BCUT2D eigenvalue weighted by atomic mass is 10.1. The van der Waals surface area contributed by atoms with Gasteiger partial charge in [-0.3, -0.25) is 14.9 Å². The number of rotatable bonds is 4. The van der Waals surface area contributed by atoms with Crippen molar-refractivity contribution < 1.29 is 9.72 Å². The summed E-state index contributed by atoms with van der Waals surface area (Å²) in [6.07, 6.45) is 0.849. The van der Waals surface area contributed by atoms with Crippen molar-refractivity contribution in [3.8, 4) is 0 Å². The number of nitrogens with one attached hydrogen (secondary N) is 1. The number of aryl methyl sites for hydroxylation is 1. The van der Waals surface area contributed by atoms with E-state index in [1.807, 2.05) is 19.1 Å². The first-order valence-electron chi connectivity index (χ1n) is 6.49. The van der Waals surface area contributed by atoms with Crippen LogP contribution in [0.3, 0.4) is 0 Å². The van der Waals surface area contributed by atoms with E-state index in [0.717, 1.165) is 12.0 Å². The Morgan fingerprint density at radius 1 is 1.32 bits per heavy atom. The zero-order valence-corrected chi connectivity index (χ0v) is 13.3. The number of nitro benzene ring substituents is 1. The first-order chi connectivity index (χ1) is 10.4. The Balaban J connectivity index is 2.33. The minimum Gasteiger partial charge on any atom is -0.321 e. The highest BCUT2D eigenvalue weighted by Crippen LogP contribution is 2.26. The lowest BCUT2D eigenvalue weighted by molar-refractivity contribution is -0.385. The van der Waals surface area contributed by atoms with E-state index in [1.54, 1.807) is 6.07 Å². The van der Waals surface area contributed by atoms with Gasteiger partial charge in [0.15, 0.2) is 0 Å². The maximum Gasteiger partial charge on any atom is 0.282 e. The predicted molar refractivity (Wildman–Crippen MR) is 89.1 cm³/mol. The van der Waals surface area contributed by atoms with Crippen molar-refractivity contribution in [1.29, 1.82) is 0 Å². The van der Waals surface area contributed by atoms with Crippen molar-refractivity contribution >= 4 is 41.5 Å². The minimum absolute atomic E-state index is 0.0928. The molecule has 2 rings (SSSR count). The van der Waals surface area contributed by atoms with Crippen molar-refractivity contribution in [3.05, 3.63) is 62.7 Å². The second-order valence-corrected chi connectivity index (χ2v) is 5.50. The van der Waals surface area contributed by atoms with Crippen LogP contribution in [-0.4, -0.2) is 10.8 Å². The minimum atomic E-state index is -0.618. The van der Waals surface area contributed by atoms with Crippen LogP contribution in [0.5, 0.6) is 0 Å². The number of carbonyl (C=O) groups excluding carboxylic acids is 1. The molecule has 0 radical (unpaired) electrons. The molecule has 2 aromatic rings. The molecule has 0 saturated heterocycles. The molecule has 114 valence electrons. The van der Waals surface area contributed by atoms with Gasteiger partial charge in [-0.25, -0.2) is 0 Å². The highest BCUT2D eigenvalue weighted by molar-refractivity contribution is 7.80. The Morgan fingerprint density at radius 2 is 2.05 bits per heavy atom. The fourth-order valence-electron chi connectivity index (χ4n) is 1.94. The highest BCUT2D eigenvalue weighted by atomic mass is 35.5. The van der Waals surface area contributed by atoms with Crippen LogP contribution in [-0.2, 0) is 6.42 Å². The molecule has 0 heterocycles. The van der Waals surface area contributed by atoms with E-state index in [0.29, 0.717) is 10.6 Å². The van der Waals surface area contributed by atoms with Gasteiger partial charge in [0.1, 0.15) is 5.56 Å². The van der Waals surface area contributed by atoms with E-state index in [9.17, 15) is 14.9 Å². The number of halogens is 1. The number of amides is 1. The molecule has 0 saturated carbocycles. The first kappa shape index (κ1) is 16.3. The van der Waals surface area contributed by atoms with Gasteiger partial charge in [0.2, 0.25) is 0 Å². The third-order valence-corrected chi connectivity index (χ3v) is 3.72. The van der Waals surface area contributed by atoms with E-state index in [1.165, 1.54) is 18.2 Å². The SMILES string of the molecule is CCc1ccc(NC(=O)c2cc(Cl)ccc2[N+](=O)[O-])c(S)c1. The Morgan fingerprint density at radius 3 is 2.64 bits per heavy atom. The average molecular weight is 337 g/mol. The summed E-state index contributed by atoms with van der Waals surface area (Å²) in [5.74, 6) is -0.603. The smallest absolute Gasteiger partial charge is 0.282 e. The molecule has 1 amide bonds. The third-order valence-electron chi connectivity index (χ3n) is 3.12. The number of hydrogen-bond donors (Lipinski definition) is 2. The van der Waals surface area contributed by atoms with Gasteiger partial charge in [-0.15, -0.1) is 12.6 Å². The zero-order chi connectivity index (χ0) is 16.3. The largest absolute Gasteiger partial charge is 0.321 e. The van der Waals surface area contributed by atoms with E-state index in [2.05, 4.69) is 17.9 Å². The standard InChI is InChI=1S/C15H13ClN2O3S/c1-2-9-3-5-12(14(22)7-9)17-15(19)11-8-10(16)4-6-13(11)18(20)21/h3-8,22H,2H2,1H3,(H,17,19). The zero-order valence-electron chi connectivity index (χ0n) is 11.7. The molecule has 7 heteroatoms. The lowest BCUT2D eigenvalue weighted by Crippen LogP contribution is -2.14. The molecule has 0 fully saturated rings. The van der Waals surface area contributed by atoms with E-state index >= 15 is 0 Å². The molecule has 0 aliphatic heterocycles. The monoisotopic (exact) mass is 336 g/mol. The number of benzene rings is 2. The summed E-state index contributed by atoms with van der Waals surface area (Å²) >= 11 is 10.1. The normalized spacial score (nSPS) is 10.3. The van der Waals surface area contributed by atoms with Gasteiger partial charge in [-0.05, 0) is 36.2 Å². The van der Waals surface area contributed by atoms with Gasteiger partial charge >= 0.3 is 0 Å². The van der Waals surface area contributed by atoms with Crippen LogP contribution in [0.4, 0.5) is 11.4 Å². The maximum atomic E-state index is 12.3. The molecule has 0 bridgehead atoms. The highest BCUT2D eigenvalue weighted by Gasteiger charge is 2.21. The fraction of sp³-hybridized carbons (Fsp3) is 0.133. The summed E-state index contributed by atoms with van der Waals surface area (Å²) in [4.78, 5) is 23.3. The Bertz CT molecular complexity index is 750. The van der Waals surface area contributed by atoms with Crippen molar-refractivity contribution in [1.82, 2.24) is 0 Å². The van der Waals surface area contributed by atoms with Gasteiger partial charge in [-0.1, -0.05) is 24.6 Å². The summed E-state index contributed by atoms with van der Waals surface area (Å²) in [5, 5.41) is 13.9. The second kappa shape index (κ2) is 6.81. The molecule has 2 aromatic carbocycles. The molecule has 1 N–H and O–H groups in total. The van der Waals surface area contributed by atoms with Crippen molar-refractivity contribution in [2.75, 3.05) is 5.32 Å². The van der Waals surface area contributed by atoms with E-state index in [4.69, 9.17) is 11.6 Å². The molecule has 0 spiro atoms. The number of thiol groups is 1. The number of anilines is 1. The third kappa shape index (κ3) is 3.58. The number of carbonyl (C=O) groups is 1. The van der Waals surface area contributed by atoms with Gasteiger partial charge in [-0.2, -0.15) is 0 Å². The van der Waals surface area contributed by atoms with Crippen LogP contribution < -0.4 is 5.32 Å². The van der Waals surface area contributed by atoms with Gasteiger partial charge in [0.05, 0.1) is 10.6 Å². The van der Waals surface area contributed by atoms with Crippen LogP contribution in [0.2, 0.25) is 5.02 Å². The summed E-state index contributed by atoms with van der Waals surface area (Å²) < 4.78 is 0. The number of hydrogen-bond acceptors (Lipinski definition) is 4. The molecule has 0 unspecified atom stereocenters. The summed E-state index contributed by atoms with van der Waals surface area (Å²) in [6.45, 7) is 2.01. The first-order valence-corrected chi connectivity index (χ1v) is 7.32. The Labute approximate surface area is 137 Å². The van der Waals surface area contributed by atoms with Gasteiger partial charge in [0, 0.05) is 16.0 Å². The molecule has 0 aromatic heterocycles. The van der Waals surface area contributed by atoms with E-state index in [-0.39, 0.29) is 16.3 Å².